The van der Waals surface area contributed by atoms with E-state index in [4.69, 9.17) is 9.84 Å². The first kappa shape index (κ1) is 15.4. The number of hydrogen-bond acceptors (Lipinski definition) is 4. The van der Waals surface area contributed by atoms with Crippen LogP contribution in [0.15, 0.2) is 18.2 Å². The van der Waals surface area contributed by atoms with Gasteiger partial charge in [0.05, 0.1) is 7.11 Å². The molecule has 1 rings (SSSR count). The molecule has 0 aliphatic carbocycles. The first-order valence-electron chi connectivity index (χ1n) is 5.24. The molecule has 0 unspecified atom stereocenters. The van der Waals surface area contributed by atoms with Crippen LogP contribution < -0.4 is 4.74 Å². The van der Waals surface area contributed by atoms with E-state index in [1.54, 1.807) is 0 Å². The van der Waals surface area contributed by atoms with Gasteiger partial charge in [0.25, 0.3) is 0 Å². The van der Waals surface area contributed by atoms with E-state index in [9.17, 15) is 17.6 Å². The lowest BCUT2D eigenvalue weighted by atomic mass is 10.2. The molecule has 0 heterocycles. The largest absolute Gasteiger partial charge is 0.494 e. The summed E-state index contributed by atoms with van der Waals surface area (Å²) in [6.07, 6.45) is 0. The molecular formula is C11H14FNO5S. The lowest BCUT2D eigenvalue weighted by Crippen LogP contribution is -2.31. The Balaban J connectivity index is 2.85. The number of carboxylic acid groups (broad SMARTS) is 1. The molecule has 0 spiro atoms. The number of nitrogens with zero attached hydrogens (tertiary/aromatic N) is 1. The van der Waals surface area contributed by atoms with Gasteiger partial charge in [0.2, 0.25) is 10.0 Å². The second-order valence-electron chi connectivity index (χ2n) is 3.87. The standard InChI is InChI=1S/C11H14FNO5S/c1-13(19(16,17)7-11(14)15)6-8-3-4-10(18-2)9(12)5-8/h3-5H,6-7H2,1-2H3,(H,14,15). The van der Waals surface area contributed by atoms with Gasteiger partial charge >= 0.3 is 5.97 Å². The molecule has 1 aromatic carbocycles. The van der Waals surface area contributed by atoms with Crippen molar-refractivity contribution >= 4 is 16.0 Å². The van der Waals surface area contributed by atoms with E-state index in [0.717, 1.165) is 10.4 Å². The van der Waals surface area contributed by atoms with Crippen molar-refractivity contribution in [3.8, 4) is 5.75 Å². The van der Waals surface area contributed by atoms with Gasteiger partial charge in [0.1, 0.15) is 0 Å². The summed E-state index contributed by atoms with van der Waals surface area (Å²) < 4.78 is 42.2. The summed E-state index contributed by atoms with van der Waals surface area (Å²) in [7, 11) is -1.35. The number of rotatable bonds is 6. The Labute approximate surface area is 110 Å². The summed E-state index contributed by atoms with van der Waals surface area (Å²) in [5.41, 5.74) is 0.398. The molecule has 0 bridgehead atoms. The molecule has 0 saturated carbocycles. The molecule has 1 aromatic rings. The fourth-order valence-corrected chi connectivity index (χ4v) is 2.31. The van der Waals surface area contributed by atoms with Crippen molar-refractivity contribution in [3.63, 3.8) is 0 Å². The summed E-state index contributed by atoms with van der Waals surface area (Å²) in [5, 5.41) is 8.49. The maximum absolute atomic E-state index is 13.4. The van der Waals surface area contributed by atoms with Crippen LogP contribution >= 0.6 is 0 Å². The Morgan fingerprint density at radius 2 is 2.11 bits per heavy atom. The molecule has 8 heteroatoms. The highest BCUT2D eigenvalue weighted by atomic mass is 32.2. The molecule has 6 nitrogen and oxygen atoms in total. The van der Waals surface area contributed by atoms with Gasteiger partial charge in [-0.2, -0.15) is 0 Å². The van der Waals surface area contributed by atoms with E-state index in [0.29, 0.717) is 5.56 Å². The van der Waals surface area contributed by atoms with Gasteiger partial charge in [-0.15, -0.1) is 0 Å². The minimum absolute atomic E-state index is 0.0554. The fourth-order valence-electron chi connectivity index (χ4n) is 1.43. The van der Waals surface area contributed by atoms with Crippen LogP contribution in [0.5, 0.6) is 5.75 Å². The summed E-state index contributed by atoms with van der Waals surface area (Å²) in [6, 6.07) is 4.03. The van der Waals surface area contributed by atoms with E-state index < -0.39 is 27.6 Å². The van der Waals surface area contributed by atoms with Gasteiger partial charge in [0.15, 0.2) is 17.3 Å². The number of carbonyl (C=O) groups is 1. The number of halogens is 1. The highest BCUT2D eigenvalue weighted by Gasteiger charge is 2.22. The zero-order valence-electron chi connectivity index (χ0n) is 10.5. The second-order valence-corrected chi connectivity index (χ2v) is 5.95. The second kappa shape index (κ2) is 5.98. The molecule has 19 heavy (non-hydrogen) atoms. The molecule has 1 N–H and O–H groups in total. The normalized spacial score (nSPS) is 11.6. The number of hydrogen-bond donors (Lipinski definition) is 1. The van der Waals surface area contributed by atoms with Crippen LogP contribution in [0.4, 0.5) is 4.39 Å². The van der Waals surface area contributed by atoms with E-state index >= 15 is 0 Å². The minimum Gasteiger partial charge on any atom is -0.494 e. The lowest BCUT2D eigenvalue weighted by Gasteiger charge is -2.16. The average Bonchev–Trinajstić information content (AvgIpc) is 2.27. The summed E-state index contributed by atoms with van der Waals surface area (Å²) in [6.45, 7) is -0.115. The van der Waals surface area contributed by atoms with Crippen molar-refractivity contribution in [2.24, 2.45) is 0 Å². The van der Waals surface area contributed by atoms with Crippen LogP contribution in [0, 0.1) is 5.82 Å². The minimum atomic E-state index is -3.91. The number of benzene rings is 1. The Morgan fingerprint density at radius 1 is 1.47 bits per heavy atom. The summed E-state index contributed by atoms with van der Waals surface area (Å²) >= 11 is 0. The molecule has 0 fully saturated rings. The average molecular weight is 291 g/mol. The third kappa shape index (κ3) is 4.18. The zero-order chi connectivity index (χ0) is 14.6. The topological polar surface area (TPSA) is 83.9 Å². The van der Waals surface area contributed by atoms with Crippen molar-refractivity contribution in [3.05, 3.63) is 29.6 Å². The van der Waals surface area contributed by atoms with Crippen LogP contribution in [0.25, 0.3) is 0 Å². The molecule has 0 atom stereocenters. The van der Waals surface area contributed by atoms with Crippen molar-refractivity contribution in [1.82, 2.24) is 4.31 Å². The highest BCUT2D eigenvalue weighted by Crippen LogP contribution is 2.19. The molecule has 106 valence electrons. The Bertz CT molecular complexity index is 572. The molecule has 0 radical (unpaired) electrons. The number of methoxy groups -OCH3 is 1. The van der Waals surface area contributed by atoms with Crippen molar-refractivity contribution in [2.75, 3.05) is 19.9 Å². The van der Waals surface area contributed by atoms with Crippen molar-refractivity contribution < 1.29 is 27.4 Å². The molecule has 0 saturated heterocycles. The first-order chi connectivity index (χ1) is 8.76. The summed E-state index contributed by atoms with van der Waals surface area (Å²) in [5.74, 6) is -2.99. The summed E-state index contributed by atoms with van der Waals surface area (Å²) in [4.78, 5) is 10.4. The number of sulfonamides is 1. The maximum Gasteiger partial charge on any atom is 0.320 e. The molecule has 0 aliphatic heterocycles. The van der Waals surface area contributed by atoms with Gasteiger partial charge in [-0.3, -0.25) is 4.79 Å². The van der Waals surface area contributed by atoms with Crippen LogP contribution in [-0.2, 0) is 21.4 Å². The van der Waals surface area contributed by atoms with Crippen LogP contribution in [-0.4, -0.2) is 43.7 Å². The van der Waals surface area contributed by atoms with Crippen LogP contribution in [0.2, 0.25) is 0 Å². The SMILES string of the molecule is COc1ccc(CN(C)S(=O)(=O)CC(=O)O)cc1F. The number of ether oxygens (including phenoxy) is 1. The molecule has 0 aliphatic rings. The van der Waals surface area contributed by atoms with Gasteiger partial charge in [0, 0.05) is 13.6 Å². The third-order valence-electron chi connectivity index (χ3n) is 2.40. The number of aliphatic carboxylic acids is 1. The van der Waals surface area contributed by atoms with E-state index in [-0.39, 0.29) is 12.3 Å². The molecule has 0 aromatic heterocycles. The maximum atomic E-state index is 13.4. The van der Waals surface area contributed by atoms with E-state index in [2.05, 4.69) is 0 Å². The monoisotopic (exact) mass is 291 g/mol. The smallest absolute Gasteiger partial charge is 0.320 e. The van der Waals surface area contributed by atoms with Gasteiger partial charge in [-0.1, -0.05) is 6.07 Å². The van der Waals surface area contributed by atoms with Gasteiger partial charge in [-0.25, -0.2) is 17.1 Å². The third-order valence-corrected chi connectivity index (χ3v) is 4.09. The predicted octanol–water partition coefficient (Wildman–Crippen LogP) is 0.681. The van der Waals surface area contributed by atoms with Crippen LogP contribution in [0.3, 0.4) is 0 Å². The van der Waals surface area contributed by atoms with E-state index in [1.165, 1.54) is 26.3 Å². The van der Waals surface area contributed by atoms with Crippen LogP contribution in [0.1, 0.15) is 5.56 Å². The van der Waals surface area contributed by atoms with Crippen molar-refractivity contribution in [2.45, 2.75) is 6.54 Å². The fraction of sp³-hybridized carbons (Fsp3) is 0.364. The Kier molecular flexibility index (Phi) is 4.84. The predicted molar refractivity (Wildman–Crippen MR) is 65.8 cm³/mol. The first-order valence-corrected chi connectivity index (χ1v) is 6.85. The van der Waals surface area contributed by atoms with E-state index in [1.807, 2.05) is 0 Å². The zero-order valence-corrected chi connectivity index (χ0v) is 11.3. The quantitative estimate of drug-likeness (QED) is 0.833. The molecular weight excluding hydrogens is 277 g/mol. The Morgan fingerprint density at radius 3 is 2.58 bits per heavy atom. The Hall–Kier alpha value is -1.67. The van der Waals surface area contributed by atoms with Crippen molar-refractivity contribution in [1.29, 1.82) is 0 Å². The lowest BCUT2D eigenvalue weighted by molar-refractivity contribution is -0.134. The number of carboxylic acids is 1. The molecule has 0 amide bonds. The van der Waals surface area contributed by atoms with Gasteiger partial charge < -0.3 is 9.84 Å². The highest BCUT2D eigenvalue weighted by molar-refractivity contribution is 7.89. The van der Waals surface area contributed by atoms with Gasteiger partial charge in [-0.05, 0) is 17.7 Å².